The highest BCUT2D eigenvalue weighted by molar-refractivity contribution is 6.35. The van der Waals surface area contributed by atoms with Gasteiger partial charge in [0, 0.05) is 28.4 Å². The van der Waals surface area contributed by atoms with Gasteiger partial charge in [-0.25, -0.2) is 9.67 Å². The molecule has 0 aliphatic heterocycles. The molecule has 2 aromatic heterocycles. The number of anilines is 1. The summed E-state index contributed by atoms with van der Waals surface area (Å²) in [6.07, 6.45) is 3.21. The second kappa shape index (κ2) is 7.25. The van der Waals surface area contributed by atoms with Gasteiger partial charge in [0.2, 0.25) is 5.95 Å². The molecule has 9 heteroatoms. The second-order valence-corrected chi connectivity index (χ2v) is 6.22. The van der Waals surface area contributed by atoms with Gasteiger partial charge in [-0.1, -0.05) is 29.3 Å². The van der Waals surface area contributed by atoms with Crippen molar-refractivity contribution in [2.24, 2.45) is 0 Å². The van der Waals surface area contributed by atoms with E-state index in [4.69, 9.17) is 23.2 Å². The lowest BCUT2D eigenvalue weighted by atomic mass is 10.2. The van der Waals surface area contributed by atoms with Gasteiger partial charge in [0.1, 0.15) is 6.33 Å². The highest BCUT2D eigenvalue weighted by Gasteiger charge is 2.15. The van der Waals surface area contributed by atoms with Crippen molar-refractivity contribution in [3.63, 3.8) is 0 Å². The van der Waals surface area contributed by atoms with Crippen LogP contribution in [0.15, 0.2) is 30.7 Å². The second-order valence-electron chi connectivity index (χ2n) is 5.40. The first kappa shape index (κ1) is 17.4. The molecular formula is C16H16Cl2N6O. The van der Waals surface area contributed by atoms with Gasteiger partial charge in [-0.3, -0.25) is 14.8 Å². The summed E-state index contributed by atoms with van der Waals surface area (Å²) in [4.78, 5) is 16.4. The molecule has 0 saturated carbocycles. The summed E-state index contributed by atoms with van der Waals surface area (Å²) in [6, 6.07) is 5.30. The molecule has 0 unspecified atom stereocenters. The van der Waals surface area contributed by atoms with Crippen molar-refractivity contribution in [1.82, 2.24) is 24.5 Å². The Morgan fingerprint density at radius 2 is 1.92 bits per heavy atom. The van der Waals surface area contributed by atoms with E-state index < -0.39 is 0 Å². The van der Waals surface area contributed by atoms with E-state index in [0.29, 0.717) is 34.4 Å². The highest BCUT2D eigenvalue weighted by Crippen LogP contribution is 2.24. The molecule has 0 bridgehead atoms. The molecular weight excluding hydrogens is 363 g/mol. The topological polar surface area (TPSA) is 77.6 Å². The number of carbonyl (C=O) groups is 1. The summed E-state index contributed by atoms with van der Waals surface area (Å²) in [6.45, 7) is 4.79. The molecule has 1 N–H and O–H groups in total. The summed E-state index contributed by atoms with van der Waals surface area (Å²) in [7, 11) is 0. The lowest BCUT2D eigenvalue weighted by Gasteiger charge is -2.06. The van der Waals surface area contributed by atoms with E-state index in [1.165, 1.54) is 6.33 Å². The molecule has 0 saturated heterocycles. The third-order valence-corrected chi connectivity index (χ3v) is 4.37. The van der Waals surface area contributed by atoms with E-state index in [-0.39, 0.29) is 11.9 Å². The molecule has 0 aliphatic carbocycles. The molecule has 7 nitrogen and oxygen atoms in total. The number of aromatic nitrogens is 5. The zero-order valence-electron chi connectivity index (χ0n) is 13.7. The number of aryl methyl sites for hydroxylation is 2. The van der Waals surface area contributed by atoms with Crippen molar-refractivity contribution in [3.8, 4) is 0 Å². The Morgan fingerprint density at radius 1 is 1.20 bits per heavy atom. The van der Waals surface area contributed by atoms with Crippen LogP contribution in [0.1, 0.15) is 28.5 Å². The van der Waals surface area contributed by atoms with Crippen LogP contribution >= 0.6 is 23.2 Å². The molecule has 0 radical (unpaired) electrons. The van der Waals surface area contributed by atoms with Gasteiger partial charge in [0.05, 0.1) is 17.8 Å². The Balaban J connectivity index is 1.73. The van der Waals surface area contributed by atoms with Gasteiger partial charge in [0.25, 0.3) is 5.91 Å². The number of hydrogen-bond acceptors (Lipinski definition) is 4. The molecule has 0 atom stereocenters. The lowest BCUT2D eigenvalue weighted by Crippen LogP contribution is -2.14. The van der Waals surface area contributed by atoms with Crippen molar-refractivity contribution in [2.75, 3.05) is 5.32 Å². The van der Waals surface area contributed by atoms with Gasteiger partial charge in [-0.05, 0) is 26.0 Å². The maximum atomic E-state index is 12.3. The minimum Gasteiger partial charge on any atom is -0.289 e. The predicted octanol–water partition coefficient (Wildman–Crippen LogP) is 3.41. The average molecular weight is 379 g/mol. The van der Waals surface area contributed by atoms with Crippen LogP contribution in [0.5, 0.6) is 0 Å². The smallest absolute Gasteiger partial charge is 0.261 e. The van der Waals surface area contributed by atoms with E-state index in [1.54, 1.807) is 40.7 Å². The van der Waals surface area contributed by atoms with Crippen LogP contribution in [0.3, 0.4) is 0 Å². The van der Waals surface area contributed by atoms with Crippen LogP contribution in [-0.4, -0.2) is 30.5 Å². The zero-order valence-corrected chi connectivity index (χ0v) is 15.2. The molecule has 0 aliphatic rings. The maximum absolute atomic E-state index is 12.3. The van der Waals surface area contributed by atoms with E-state index in [1.807, 2.05) is 6.92 Å². The number of nitrogens with one attached hydrogen (secondary N) is 1. The summed E-state index contributed by atoms with van der Waals surface area (Å²) < 4.78 is 3.26. The summed E-state index contributed by atoms with van der Waals surface area (Å²) in [5.41, 5.74) is 1.89. The van der Waals surface area contributed by atoms with E-state index in [0.717, 1.165) is 5.56 Å². The number of amides is 1. The molecule has 0 spiro atoms. The fourth-order valence-electron chi connectivity index (χ4n) is 2.35. The summed E-state index contributed by atoms with van der Waals surface area (Å²) >= 11 is 12.3. The number of carbonyl (C=O) groups excluding carboxylic acids is 1. The van der Waals surface area contributed by atoms with Crippen LogP contribution in [0, 0.1) is 6.92 Å². The maximum Gasteiger partial charge on any atom is 0.261 e. The van der Waals surface area contributed by atoms with Gasteiger partial charge in [-0.2, -0.15) is 5.10 Å². The average Bonchev–Trinajstić information content (AvgIpc) is 3.17. The molecule has 25 heavy (non-hydrogen) atoms. The van der Waals surface area contributed by atoms with Crippen molar-refractivity contribution in [3.05, 3.63) is 57.6 Å². The number of benzene rings is 1. The van der Waals surface area contributed by atoms with Gasteiger partial charge in [0.15, 0.2) is 0 Å². The van der Waals surface area contributed by atoms with Crippen molar-refractivity contribution in [1.29, 1.82) is 0 Å². The first-order valence-corrected chi connectivity index (χ1v) is 8.41. The quantitative estimate of drug-likeness (QED) is 0.737. The normalized spacial score (nSPS) is 10.9. The van der Waals surface area contributed by atoms with Crippen molar-refractivity contribution >= 4 is 35.1 Å². The van der Waals surface area contributed by atoms with E-state index in [9.17, 15) is 4.79 Å². The Bertz CT molecular complexity index is 897. The Hall–Kier alpha value is -2.38. The molecule has 3 rings (SSSR count). The molecule has 130 valence electrons. The molecule has 2 heterocycles. The first-order chi connectivity index (χ1) is 12.0. The third kappa shape index (κ3) is 3.83. The number of hydrogen-bond donors (Lipinski definition) is 1. The fraction of sp³-hybridized carbons (Fsp3) is 0.250. The summed E-state index contributed by atoms with van der Waals surface area (Å²) in [5.74, 6) is -0.0949. The monoisotopic (exact) mass is 378 g/mol. The Morgan fingerprint density at radius 3 is 2.56 bits per heavy atom. The first-order valence-electron chi connectivity index (χ1n) is 7.65. The van der Waals surface area contributed by atoms with Crippen molar-refractivity contribution < 1.29 is 4.79 Å². The number of halogens is 2. The van der Waals surface area contributed by atoms with Crippen LogP contribution < -0.4 is 5.32 Å². The van der Waals surface area contributed by atoms with E-state index >= 15 is 0 Å². The number of rotatable bonds is 5. The predicted molar refractivity (Wildman–Crippen MR) is 96.2 cm³/mol. The van der Waals surface area contributed by atoms with Crippen molar-refractivity contribution in [2.45, 2.75) is 26.9 Å². The minimum atomic E-state index is -0.300. The Labute approximate surface area is 154 Å². The van der Waals surface area contributed by atoms with Crippen LogP contribution in [-0.2, 0) is 13.1 Å². The van der Waals surface area contributed by atoms with Gasteiger partial charge in [-0.15, -0.1) is 5.10 Å². The summed E-state index contributed by atoms with van der Waals surface area (Å²) in [5, 5.41) is 12.3. The molecule has 0 fully saturated rings. The molecule has 1 aromatic carbocycles. The van der Waals surface area contributed by atoms with Gasteiger partial charge >= 0.3 is 0 Å². The largest absolute Gasteiger partial charge is 0.289 e. The Kier molecular flexibility index (Phi) is 5.06. The fourth-order valence-corrected chi connectivity index (χ4v) is 2.86. The highest BCUT2D eigenvalue weighted by atomic mass is 35.5. The van der Waals surface area contributed by atoms with Gasteiger partial charge < -0.3 is 0 Å². The van der Waals surface area contributed by atoms with Crippen LogP contribution in [0.2, 0.25) is 10.0 Å². The standard InChI is InChI=1S/C16H16Cl2N6O/c1-3-23-7-11(10(2)21-23)15(25)20-16-19-9-24(22-16)8-12-13(17)5-4-6-14(12)18/h4-7,9H,3,8H2,1-2H3,(H,20,22,25). The van der Waals surface area contributed by atoms with Crippen LogP contribution in [0.25, 0.3) is 0 Å². The SMILES string of the molecule is CCn1cc(C(=O)Nc2ncn(Cc3c(Cl)cccc3Cl)n2)c(C)n1. The van der Waals surface area contributed by atoms with Crippen LogP contribution in [0.4, 0.5) is 5.95 Å². The minimum absolute atomic E-state index is 0.205. The molecule has 1 amide bonds. The van der Waals surface area contributed by atoms with E-state index in [2.05, 4.69) is 20.5 Å². The molecule has 3 aromatic rings. The zero-order chi connectivity index (χ0) is 18.0. The number of nitrogens with zero attached hydrogens (tertiary/aromatic N) is 5. The lowest BCUT2D eigenvalue weighted by molar-refractivity contribution is 0.102. The third-order valence-electron chi connectivity index (χ3n) is 3.66.